The van der Waals surface area contributed by atoms with E-state index >= 15 is 0 Å². The van der Waals surface area contributed by atoms with E-state index in [1.165, 1.54) is 23.3 Å². The number of benzene rings is 2. The van der Waals surface area contributed by atoms with Crippen molar-refractivity contribution in [3.05, 3.63) is 70.8 Å². The minimum absolute atomic E-state index is 0.0787. The molecule has 0 heterocycles. The highest BCUT2D eigenvalue weighted by molar-refractivity contribution is 5.23. The molecule has 0 aliphatic carbocycles. The average Bonchev–Trinajstić information content (AvgIpc) is 2.37. The summed E-state index contributed by atoms with van der Waals surface area (Å²) in [4.78, 5) is 0. The topological polar surface area (TPSA) is 12.0 Å². The molecule has 0 aromatic heterocycles. The third-order valence-corrected chi connectivity index (χ3v) is 3.33. The van der Waals surface area contributed by atoms with Crippen LogP contribution in [-0.2, 0) is 6.42 Å². The maximum atomic E-state index is 13.2. The molecule has 1 nitrogen and oxygen atoms in total. The standard InChI is InChI=1S/C17H19F2N/c1-12-4-3-5-14(8-12)6-7-20-13(2)15-9-16(18)11-17(19)10-15/h3-5,8-11,13,20H,6-7H2,1-2H3. The van der Waals surface area contributed by atoms with Crippen molar-refractivity contribution in [2.75, 3.05) is 6.54 Å². The van der Waals surface area contributed by atoms with E-state index in [4.69, 9.17) is 0 Å². The Kier molecular flexibility index (Phi) is 4.85. The van der Waals surface area contributed by atoms with Crippen LogP contribution < -0.4 is 5.32 Å². The fraction of sp³-hybridized carbons (Fsp3) is 0.294. The first-order valence-electron chi connectivity index (χ1n) is 6.79. The molecule has 3 heteroatoms. The van der Waals surface area contributed by atoms with Crippen molar-refractivity contribution >= 4 is 0 Å². The van der Waals surface area contributed by atoms with Gasteiger partial charge >= 0.3 is 0 Å². The minimum atomic E-state index is -0.535. The van der Waals surface area contributed by atoms with Gasteiger partial charge in [-0.2, -0.15) is 0 Å². The number of hydrogen-bond acceptors (Lipinski definition) is 1. The summed E-state index contributed by atoms with van der Waals surface area (Å²) in [6.45, 7) is 4.74. The largest absolute Gasteiger partial charge is 0.310 e. The summed E-state index contributed by atoms with van der Waals surface area (Å²) in [5.74, 6) is -1.07. The van der Waals surface area contributed by atoms with Crippen molar-refractivity contribution in [1.29, 1.82) is 0 Å². The van der Waals surface area contributed by atoms with E-state index < -0.39 is 11.6 Å². The van der Waals surface area contributed by atoms with Crippen LogP contribution in [-0.4, -0.2) is 6.54 Å². The summed E-state index contributed by atoms with van der Waals surface area (Å²) >= 11 is 0. The van der Waals surface area contributed by atoms with E-state index in [9.17, 15) is 8.78 Å². The van der Waals surface area contributed by atoms with Crippen LogP contribution in [0.15, 0.2) is 42.5 Å². The van der Waals surface area contributed by atoms with Crippen LogP contribution in [0.25, 0.3) is 0 Å². The molecule has 106 valence electrons. The van der Waals surface area contributed by atoms with E-state index in [1.54, 1.807) is 0 Å². The maximum Gasteiger partial charge on any atom is 0.126 e. The highest BCUT2D eigenvalue weighted by Gasteiger charge is 2.08. The third-order valence-electron chi connectivity index (χ3n) is 3.33. The zero-order chi connectivity index (χ0) is 14.5. The second-order valence-electron chi connectivity index (χ2n) is 5.12. The Balaban J connectivity index is 1.90. The molecule has 2 aromatic rings. The number of nitrogens with one attached hydrogen (secondary N) is 1. The van der Waals surface area contributed by atoms with Crippen molar-refractivity contribution in [3.8, 4) is 0 Å². The highest BCUT2D eigenvalue weighted by Crippen LogP contribution is 2.16. The molecular formula is C17H19F2N. The van der Waals surface area contributed by atoms with Crippen LogP contribution >= 0.6 is 0 Å². The first kappa shape index (κ1) is 14.7. The van der Waals surface area contributed by atoms with Gasteiger partial charge in [-0.25, -0.2) is 8.78 Å². The fourth-order valence-electron chi connectivity index (χ4n) is 2.24. The lowest BCUT2D eigenvalue weighted by atomic mass is 10.1. The van der Waals surface area contributed by atoms with Crippen molar-refractivity contribution in [3.63, 3.8) is 0 Å². The Bertz CT molecular complexity index is 561. The van der Waals surface area contributed by atoms with E-state index in [-0.39, 0.29) is 6.04 Å². The van der Waals surface area contributed by atoms with E-state index in [0.717, 1.165) is 19.0 Å². The van der Waals surface area contributed by atoms with Gasteiger partial charge in [-0.05, 0) is 50.1 Å². The molecule has 0 bridgehead atoms. The zero-order valence-corrected chi connectivity index (χ0v) is 11.8. The molecule has 2 aromatic carbocycles. The summed E-state index contributed by atoms with van der Waals surface area (Å²) in [6.07, 6.45) is 0.893. The lowest BCUT2D eigenvalue weighted by molar-refractivity contribution is 0.547. The molecule has 20 heavy (non-hydrogen) atoms. The summed E-state index contributed by atoms with van der Waals surface area (Å²) in [5, 5.41) is 3.29. The number of rotatable bonds is 5. The Morgan fingerprint density at radius 2 is 1.75 bits per heavy atom. The van der Waals surface area contributed by atoms with Gasteiger partial charge in [-0.1, -0.05) is 29.8 Å². The molecule has 1 unspecified atom stereocenters. The lowest BCUT2D eigenvalue weighted by Crippen LogP contribution is -2.21. The molecule has 0 amide bonds. The van der Waals surface area contributed by atoms with E-state index in [1.807, 2.05) is 13.0 Å². The number of aryl methyl sites for hydroxylation is 1. The molecule has 1 N–H and O–H groups in total. The fourth-order valence-corrected chi connectivity index (χ4v) is 2.24. The van der Waals surface area contributed by atoms with Crippen molar-refractivity contribution in [1.82, 2.24) is 5.32 Å². The van der Waals surface area contributed by atoms with Crippen molar-refractivity contribution < 1.29 is 8.78 Å². The van der Waals surface area contributed by atoms with Gasteiger partial charge in [0.1, 0.15) is 11.6 Å². The van der Waals surface area contributed by atoms with Gasteiger partial charge in [0.2, 0.25) is 0 Å². The van der Waals surface area contributed by atoms with E-state index in [2.05, 4.69) is 30.4 Å². The van der Waals surface area contributed by atoms with Crippen LogP contribution in [0.4, 0.5) is 8.78 Å². The smallest absolute Gasteiger partial charge is 0.126 e. The van der Waals surface area contributed by atoms with Gasteiger partial charge in [-0.15, -0.1) is 0 Å². The lowest BCUT2D eigenvalue weighted by Gasteiger charge is -2.14. The van der Waals surface area contributed by atoms with Crippen molar-refractivity contribution in [2.45, 2.75) is 26.3 Å². The quantitative estimate of drug-likeness (QED) is 0.863. The summed E-state index contributed by atoms with van der Waals surface area (Å²) in [7, 11) is 0. The Labute approximate surface area is 118 Å². The van der Waals surface area contributed by atoms with Gasteiger partial charge in [0.15, 0.2) is 0 Å². The molecule has 0 radical (unpaired) electrons. The SMILES string of the molecule is Cc1cccc(CCNC(C)c2cc(F)cc(F)c2)c1. The van der Waals surface area contributed by atoms with Gasteiger partial charge in [0, 0.05) is 12.1 Å². The van der Waals surface area contributed by atoms with Crippen LogP contribution in [0.3, 0.4) is 0 Å². The van der Waals surface area contributed by atoms with Crippen LogP contribution in [0.5, 0.6) is 0 Å². The first-order chi connectivity index (χ1) is 9.54. The molecule has 0 aliphatic rings. The molecule has 0 aliphatic heterocycles. The van der Waals surface area contributed by atoms with Crippen LogP contribution in [0, 0.1) is 18.6 Å². The Hall–Kier alpha value is -1.74. The summed E-state index contributed by atoms with van der Waals surface area (Å²) in [5.41, 5.74) is 3.13. The first-order valence-corrected chi connectivity index (χ1v) is 6.79. The predicted molar refractivity (Wildman–Crippen MR) is 77.7 cm³/mol. The minimum Gasteiger partial charge on any atom is -0.310 e. The maximum absolute atomic E-state index is 13.2. The highest BCUT2D eigenvalue weighted by atomic mass is 19.1. The second kappa shape index (κ2) is 6.62. The average molecular weight is 275 g/mol. The van der Waals surface area contributed by atoms with Crippen LogP contribution in [0.2, 0.25) is 0 Å². The molecule has 0 saturated heterocycles. The van der Waals surface area contributed by atoms with Crippen molar-refractivity contribution in [2.24, 2.45) is 0 Å². The normalized spacial score (nSPS) is 12.4. The number of halogens is 2. The van der Waals surface area contributed by atoms with Gasteiger partial charge in [0.05, 0.1) is 0 Å². The van der Waals surface area contributed by atoms with Gasteiger partial charge < -0.3 is 5.32 Å². The predicted octanol–water partition coefficient (Wildman–Crippen LogP) is 4.17. The Morgan fingerprint density at radius 3 is 2.40 bits per heavy atom. The molecule has 2 rings (SSSR count). The van der Waals surface area contributed by atoms with Crippen LogP contribution in [0.1, 0.15) is 29.7 Å². The zero-order valence-electron chi connectivity index (χ0n) is 11.8. The van der Waals surface area contributed by atoms with E-state index in [0.29, 0.717) is 5.56 Å². The Morgan fingerprint density at radius 1 is 1.05 bits per heavy atom. The monoisotopic (exact) mass is 275 g/mol. The molecule has 0 saturated carbocycles. The summed E-state index contributed by atoms with van der Waals surface area (Å²) in [6, 6.07) is 11.9. The molecule has 0 spiro atoms. The van der Waals surface area contributed by atoms with Gasteiger partial charge in [-0.3, -0.25) is 0 Å². The molecular weight excluding hydrogens is 256 g/mol. The number of hydrogen-bond donors (Lipinski definition) is 1. The molecule has 1 atom stereocenters. The summed E-state index contributed by atoms with van der Waals surface area (Å²) < 4.78 is 26.3. The third kappa shape index (κ3) is 4.14. The molecule has 0 fully saturated rings. The second-order valence-corrected chi connectivity index (χ2v) is 5.12. The van der Waals surface area contributed by atoms with Gasteiger partial charge in [0.25, 0.3) is 0 Å².